The first-order valence-corrected chi connectivity index (χ1v) is 19.5. The van der Waals surface area contributed by atoms with Crippen LogP contribution in [-0.2, 0) is 56.4 Å². The number of nitrogens with zero attached hydrogens (tertiary/aromatic N) is 4. The number of aromatic nitrogens is 3. The van der Waals surface area contributed by atoms with Crippen molar-refractivity contribution in [2.24, 2.45) is 0 Å². The molecule has 0 aliphatic carbocycles. The molecule has 5 aliphatic heterocycles. The Labute approximate surface area is 336 Å². The standard InChI is InChI=1S/C42H50N8O8/c1-27(43-2)38(51)45-35-23-29-12-17-33(18-13-29)58-26-31-25-49(48-47-31)21-22-57-32-15-10-30(11-16-32)24-36(42(55)56)46-39(52)34(19-14-28-7-4-3-5-8-28)44-40(53)37-9-6-20-50(37)41(35)54/h3-5,7-8,10-13,15-18,25,27,34-37,43H,6,9,14,19-24,26H2,1-2H3,(H,44,53)(H,45,51)(H,46,52)(H,55,56). The zero-order valence-corrected chi connectivity index (χ0v) is 32.6. The number of carboxylic acid groups (broad SMARTS) is 1. The summed E-state index contributed by atoms with van der Waals surface area (Å²) in [5.41, 5.74) is 2.95. The van der Waals surface area contributed by atoms with Crippen LogP contribution >= 0.6 is 0 Å². The first-order valence-electron chi connectivity index (χ1n) is 19.5. The number of nitrogens with one attached hydrogen (secondary N) is 4. The second-order valence-electron chi connectivity index (χ2n) is 14.6. The zero-order chi connectivity index (χ0) is 41.0. The van der Waals surface area contributed by atoms with Gasteiger partial charge >= 0.3 is 5.97 Å². The van der Waals surface area contributed by atoms with E-state index in [9.17, 15) is 29.1 Å². The summed E-state index contributed by atoms with van der Waals surface area (Å²) in [5, 5.41) is 29.8. The summed E-state index contributed by atoms with van der Waals surface area (Å²) in [6.07, 6.45) is 3.36. The number of rotatable bonds is 7. The molecule has 1 aromatic heterocycles. The van der Waals surface area contributed by atoms with Crippen molar-refractivity contribution in [3.63, 3.8) is 0 Å². The fraction of sp³-hybridized carbons (Fsp3) is 0.405. The predicted molar refractivity (Wildman–Crippen MR) is 212 cm³/mol. The van der Waals surface area contributed by atoms with Gasteiger partial charge in [-0.05, 0) is 80.6 Å². The molecule has 306 valence electrons. The van der Waals surface area contributed by atoms with Gasteiger partial charge in [0.15, 0.2) is 0 Å². The van der Waals surface area contributed by atoms with Crippen LogP contribution in [0, 0.1) is 0 Å². The molecule has 6 bridgehead atoms. The lowest BCUT2D eigenvalue weighted by molar-refractivity contribution is -0.143. The molecule has 58 heavy (non-hydrogen) atoms. The predicted octanol–water partition coefficient (Wildman–Crippen LogP) is 1.81. The Balaban J connectivity index is 1.28. The van der Waals surface area contributed by atoms with Crippen LogP contribution in [0.2, 0.25) is 0 Å². The van der Waals surface area contributed by atoms with E-state index in [2.05, 4.69) is 31.6 Å². The lowest BCUT2D eigenvalue weighted by atomic mass is 10.0. The van der Waals surface area contributed by atoms with E-state index >= 15 is 0 Å². The van der Waals surface area contributed by atoms with Crippen LogP contribution in [0.25, 0.3) is 0 Å². The van der Waals surface area contributed by atoms with Gasteiger partial charge in [0.2, 0.25) is 23.6 Å². The molecule has 4 amide bonds. The highest BCUT2D eigenvalue weighted by Crippen LogP contribution is 2.22. The summed E-state index contributed by atoms with van der Waals surface area (Å²) in [7, 11) is 1.65. The lowest BCUT2D eigenvalue weighted by Gasteiger charge is -2.30. The molecule has 6 heterocycles. The maximum absolute atomic E-state index is 14.3. The number of aryl methyl sites for hydroxylation is 1. The molecule has 5 unspecified atom stereocenters. The molecule has 0 spiro atoms. The first-order chi connectivity index (χ1) is 28.1. The zero-order valence-electron chi connectivity index (χ0n) is 32.6. The SMILES string of the molecule is CNC(C)C(=O)NC1Cc2ccc(cc2)OCc2cn(nn2)CCOc2ccc(cc2)CC(C(=O)O)NC(=O)C(CCc2ccccc2)NC(=O)C2CCCN2C1=O. The summed E-state index contributed by atoms with van der Waals surface area (Å²) in [4.78, 5) is 69.4. The van der Waals surface area contributed by atoms with Crippen molar-refractivity contribution in [2.75, 3.05) is 20.2 Å². The van der Waals surface area contributed by atoms with E-state index in [1.807, 2.05) is 42.5 Å². The van der Waals surface area contributed by atoms with Crippen molar-refractivity contribution < 1.29 is 38.6 Å². The van der Waals surface area contributed by atoms with Crippen molar-refractivity contribution in [3.8, 4) is 11.5 Å². The summed E-state index contributed by atoms with van der Waals surface area (Å²) < 4.78 is 13.5. The number of hydrogen-bond acceptors (Lipinski definition) is 10. The van der Waals surface area contributed by atoms with Gasteiger partial charge in [-0.15, -0.1) is 5.10 Å². The highest BCUT2D eigenvalue weighted by Gasteiger charge is 2.39. The highest BCUT2D eigenvalue weighted by molar-refractivity contribution is 5.96. The Morgan fingerprint density at radius 3 is 2.28 bits per heavy atom. The maximum Gasteiger partial charge on any atom is 0.326 e. The average molecular weight is 795 g/mol. The second kappa shape index (κ2) is 19.7. The third kappa shape index (κ3) is 11.2. The van der Waals surface area contributed by atoms with Gasteiger partial charge in [-0.1, -0.05) is 59.8 Å². The van der Waals surface area contributed by atoms with E-state index in [1.54, 1.807) is 61.2 Å². The molecular weight excluding hydrogens is 745 g/mol. The van der Waals surface area contributed by atoms with Gasteiger partial charge in [-0.25, -0.2) is 9.48 Å². The summed E-state index contributed by atoms with van der Waals surface area (Å²) >= 11 is 0. The number of aliphatic carboxylic acids is 1. The number of carbonyl (C=O) groups excluding carboxylic acids is 4. The van der Waals surface area contributed by atoms with E-state index in [0.717, 1.165) is 11.1 Å². The Hall–Kier alpha value is -6.29. The molecule has 1 fully saturated rings. The normalized spacial score (nSPS) is 21.3. The first kappa shape index (κ1) is 41.3. The molecule has 16 heteroatoms. The van der Waals surface area contributed by atoms with Gasteiger partial charge in [0.05, 0.1) is 18.8 Å². The average Bonchev–Trinajstić information content (AvgIpc) is 3.92. The second-order valence-corrected chi connectivity index (χ2v) is 14.6. The van der Waals surface area contributed by atoms with E-state index < -0.39 is 53.9 Å². The van der Waals surface area contributed by atoms with Gasteiger partial charge in [-0.2, -0.15) is 0 Å². The van der Waals surface area contributed by atoms with E-state index in [0.29, 0.717) is 55.2 Å². The van der Waals surface area contributed by atoms with Crippen LogP contribution in [0.15, 0.2) is 85.1 Å². The van der Waals surface area contributed by atoms with Gasteiger partial charge in [0, 0.05) is 19.4 Å². The van der Waals surface area contributed by atoms with E-state index in [1.165, 1.54) is 4.90 Å². The minimum Gasteiger partial charge on any atom is -0.492 e. The third-order valence-corrected chi connectivity index (χ3v) is 10.4. The van der Waals surface area contributed by atoms with E-state index in [-0.39, 0.29) is 38.3 Å². The topological polar surface area (TPSA) is 206 Å². The summed E-state index contributed by atoms with van der Waals surface area (Å²) in [6, 6.07) is 18.6. The fourth-order valence-corrected chi connectivity index (χ4v) is 6.94. The maximum atomic E-state index is 14.3. The molecule has 4 aromatic rings. The monoisotopic (exact) mass is 794 g/mol. The van der Waals surface area contributed by atoms with Gasteiger partial charge < -0.3 is 40.7 Å². The van der Waals surface area contributed by atoms with Crippen LogP contribution in [-0.4, -0.2) is 105 Å². The number of hydrogen-bond donors (Lipinski definition) is 5. The van der Waals surface area contributed by atoms with Crippen molar-refractivity contribution in [1.82, 2.24) is 41.2 Å². The highest BCUT2D eigenvalue weighted by atomic mass is 16.5. The van der Waals surface area contributed by atoms with Crippen LogP contribution in [0.5, 0.6) is 11.5 Å². The van der Waals surface area contributed by atoms with Crippen molar-refractivity contribution >= 4 is 29.6 Å². The third-order valence-electron chi connectivity index (χ3n) is 10.4. The largest absolute Gasteiger partial charge is 0.492 e. The number of carbonyl (C=O) groups is 5. The molecule has 0 saturated carbocycles. The number of amides is 4. The smallest absolute Gasteiger partial charge is 0.326 e. The molecule has 9 rings (SSSR count). The van der Waals surface area contributed by atoms with Crippen LogP contribution in [0.4, 0.5) is 0 Å². The van der Waals surface area contributed by atoms with E-state index in [4.69, 9.17) is 9.47 Å². The van der Waals surface area contributed by atoms with Gasteiger partial charge in [0.25, 0.3) is 0 Å². The number of carboxylic acids is 1. The lowest BCUT2D eigenvalue weighted by Crippen LogP contribution is -2.58. The van der Waals surface area contributed by atoms with Crippen molar-refractivity contribution in [3.05, 3.63) is 107 Å². The Bertz CT molecular complexity index is 2020. The minimum absolute atomic E-state index is 0.0166. The number of ether oxygens (including phenoxy) is 2. The summed E-state index contributed by atoms with van der Waals surface area (Å²) in [6.45, 7) is 2.84. The van der Waals surface area contributed by atoms with Crippen LogP contribution in [0.3, 0.4) is 0 Å². The molecule has 16 nitrogen and oxygen atoms in total. The molecule has 3 aromatic carbocycles. The molecule has 5 atom stereocenters. The Kier molecular flexibility index (Phi) is 14.1. The Morgan fingerprint density at radius 1 is 0.897 bits per heavy atom. The number of benzene rings is 3. The molecular formula is C42H50N8O8. The van der Waals surface area contributed by atoms with Crippen LogP contribution in [0.1, 0.15) is 48.6 Å². The molecule has 0 radical (unpaired) electrons. The Morgan fingerprint density at radius 2 is 1.59 bits per heavy atom. The molecule has 1 saturated heterocycles. The van der Waals surface area contributed by atoms with Gasteiger partial charge in [-0.3, -0.25) is 19.2 Å². The molecule has 5 aliphatic rings. The van der Waals surface area contributed by atoms with Crippen molar-refractivity contribution in [1.29, 1.82) is 0 Å². The molecule has 5 N–H and O–H groups in total. The minimum atomic E-state index is -1.30. The summed E-state index contributed by atoms with van der Waals surface area (Å²) in [5.74, 6) is -2.09. The van der Waals surface area contributed by atoms with Crippen molar-refractivity contribution in [2.45, 2.75) is 88.8 Å². The number of likely N-dealkylation sites (N-methyl/N-ethyl adjacent to an activating group) is 1. The van der Waals surface area contributed by atoms with Crippen LogP contribution < -0.4 is 30.7 Å². The quantitative estimate of drug-likeness (QED) is 0.183. The fourth-order valence-electron chi connectivity index (χ4n) is 6.94. The van der Waals surface area contributed by atoms with Gasteiger partial charge in [0.1, 0.15) is 54.6 Å².